The van der Waals surface area contributed by atoms with Crippen LogP contribution < -0.4 is 4.74 Å². The number of hydrogen-bond donors (Lipinski definition) is 0. The Kier molecular flexibility index (Phi) is 4.55. The topological polar surface area (TPSA) is 26.3 Å². The lowest BCUT2D eigenvalue weighted by molar-refractivity contribution is 0.0963. The molecule has 0 aromatic heterocycles. The molecule has 1 unspecified atom stereocenters. The zero-order valence-electron chi connectivity index (χ0n) is 11.2. The molecule has 0 aliphatic rings. The van der Waals surface area contributed by atoms with Crippen LogP contribution in [0.5, 0.6) is 5.75 Å². The summed E-state index contributed by atoms with van der Waals surface area (Å²) in [5, 5.41) is 0. The molecule has 0 heterocycles. The number of benzene rings is 2. The largest absolute Gasteiger partial charge is 0.496 e. The second-order valence-electron chi connectivity index (χ2n) is 4.46. The normalized spacial score (nSPS) is 12.0. The lowest BCUT2D eigenvalue weighted by atomic mass is 9.92. The van der Waals surface area contributed by atoms with Gasteiger partial charge in [-0.2, -0.15) is 0 Å². The fourth-order valence-corrected chi connectivity index (χ4v) is 2.36. The second-order valence-corrected chi connectivity index (χ2v) is 5.32. The number of hydrogen-bond acceptors (Lipinski definition) is 2. The Balaban J connectivity index is 2.41. The van der Waals surface area contributed by atoms with Crippen molar-refractivity contribution in [1.29, 1.82) is 0 Å². The molecule has 0 N–H and O–H groups in total. The smallest absolute Gasteiger partial charge is 0.173 e. The standard InChI is InChI=1S/C16H14BrFO2/c1-10(11-6-4-3-5-7-11)16(19)12-8-13(17)14(18)9-15(12)20-2/h3-10H,1-2H3. The number of rotatable bonds is 4. The van der Waals surface area contributed by atoms with Crippen molar-refractivity contribution in [2.75, 3.05) is 7.11 Å². The second kappa shape index (κ2) is 6.18. The highest BCUT2D eigenvalue weighted by atomic mass is 79.9. The predicted octanol–water partition coefficient (Wildman–Crippen LogP) is 4.58. The quantitative estimate of drug-likeness (QED) is 0.763. The van der Waals surface area contributed by atoms with Gasteiger partial charge in [0, 0.05) is 12.0 Å². The summed E-state index contributed by atoms with van der Waals surface area (Å²) >= 11 is 3.10. The molecule has 0 saturated carbocycles. The average Bonchev–Trinajstić information content (AvgIpc) is 2.49. The molecule has 0 spiro atoms. The molecule has 104 valence electrons. The first-order valence-corrected chi connectivity index (χ1v) is 6.96. The van der Waals surface area contributed by atoms with Gasteiger partial charge in [0.15, 0.2) is 5.78 Å². The van der Waals surface area contributed by atoms with Gasteiger partial charge < -0.3 is 4.74 Å². The van der Waals surface area contributed by atoms with Crippen LogP contribution >= 0.6 is 15.9 Å². The Morgan fingerprint density at radius 3 is 2.50 bits per heavy atom. The van der Waals surface area contributed by atoms with E-state index < -0.39 is 5.82 Å². The first kappa shape index (κ1) is 14.7. The number of Topliss-reactive ketones (excluding diaryl/α,β-unsaturated/α-hetero) is 1. The van der Waals surface area contributed by atoms with Crippen LogP contribution in [-0.4, -0.2) is 12.9 Å². The Morgan fingerprint density at radius 1 is 1.25 bits per heavy atom. The molecule has 4 heteroatoms. The Bertz CT molecular complexity index is 626. The van der Waals surface area contributed by atoms with Crippen LogP contribution in [0.15, 0.2) is 46.9 Å². The zero-order chi connectivity index (χ0) is 14.7. The minimum Gasteiger partial charge on any atom is -0.496 e. The van der Waals surface area contributed by atoms with Crippen molar-refractivity contribution >= 4 is 21.7 Å². The van der Waals surface area contributed by atoms with E-state index in [1.807, 2.05) is 37.3 Å². The molecule has 2 aromatic rings. The highest BCUT2D eigenvalue weighted by Crippen LogP contribution is 2.30. The van der Waals surface area contributed by atoms with E-state index in [9.17, 15) is 9.18 Å². The van der Waals surface area contributed by atoms with Crippen molar-refractivity contribution in [1.82, 2.24) is 0 Å². The highest BCUT2D eigenvalue weighted by molar-refractivity contribution is 9.10. The Morgan fingerprint density at radius 2 is 1.90 bits per heavy atom. The van der Waals surface area contributed by atoms with Crippen molar-refractivity contribution in [3.05, 3.63) is 63.9 Å². The number of ether oxygens (including phenoxy) is 1. The fraction of sp³-hybridized carbons (Fsp3) is 0.188. The SMILES string of the molecule is COc1cc(F)c(Br)cc1C(=O)C(C)c1ccccc1. The third-order valence-corrected chi connectivity index (χ3v) is 3.81. The molecule has 0 aliphatic heterocycles. The van der Waals surface area contributed by atoms with E-state index in [0.717, 1.165) is 5.56 Å². The molecular formula is C16H14BrFO2. The molecule has 0 fully saturated rings. The molecule has 20 heavy (non-hydrogen) atoms. The molecule has 0 aliphatic carbocycles. The van der Waals surface area contributed by atoms with Crippen molar-refractivity contribution in [3.63, 3.8) is 0 Å². The zero-order valence-corrected chi connectivity index (χ0v) is 12.8. The molecule has 0 radical (unpaired) electrons. The van der Waals surface area contributed by atoms with Crippen molar-refractivity contribution in [3.8, 4) is 5.75 Å². The van der Waals surface area contributed by atoms with E-state index in [4.69, 9.17) is 4.74 Å². The first-order valence-electron chi connectivity index (χ1n) is 6.16. The van der Waals surface area contributed by atoms with Crippen LogP contribution in [0.1, 0.15) is 28.8 Å². The summed E-state index contributed by atoms with van der Waals surface area (Å²) in [6, 6.07) is 12.1. The van der Waals surface area contributed by atoms with Crippen LogP contribution in [-0.2, 0) is 0 Å². The van der Waals surface area contributed by atoms with Gasteiger partial charge in [0.2, 0.25) is 0 Å². The molecule has 0 amide bonds. The summed E-state index contributed by atoms with van der Waals surface area (Å²) in [6.45, 7) is 1.83. The van der Waals surface area contributed by atoms with Gasteiger partial charge >= 0.3 is 0 Å². The van der Waals surface area contributed by atoms with Gasteiger partial charge in [0.1, 0.15) is 11.6 Å². The van der Waals surface area contributed by atoms with E-state index in [0.29, 0.717) is 5.56 Å². The molecule has 2 rings (SSSR count). The van der Waals surface area contributed by atoms with Crippen LogP contribution in [0.3, 0.4) is 0 Å². The van der Waals surface area contributed by atoms with E-state index in [-0.39, 0.29) is 21.9 Å². The summed E-state index contributed by atoms with van der Waals surface area (Å²) in [5.74, 6) is -0.625. The van der Waals surface area contributed by atoms with Crippen molar-refractivity contribution in [2.45, 2.75) is 12.8 Å². The van der Waals surface area contributed by atoms with Gasteiger partial charge in [0.25, 0.3) is 0 Å². The van der Waals surface area contributed by atoms with Gasteiger partial charge in [-0.05, 0) is 27.6 Å². The number of ketones is 1. The molecule has 1 atom stereocenters. The molecule has 2 aromatic carbocycles. The maximum absolute atomic E-state index is 13.5. The third-order valence-electron chi connectivity index (χ3n) is 3.20. The lowest BCUT2D eigenvalue weighted by Crippen LogP contribution is -2.11. The van der Waals surface area contributed by atoms with E-state index in [1.54, 1.807) is 0 Å². The maximum Gasteiger partial charge on any atom is 0.173 e. The third kappa shape index (κ3) is 2.90. The lowest BCUT2D eigenvalue weighted by Gasteiger charge is -2.14. The molecular weight excluding hydrogens is 323 g/mol. The van der Waals surface area contributed by atoms with Gasteiger partial charge in [-0.25, -0.2) is 4.39 Å². The van der Waals surface area contributed by atoms with Gasteiger partial charge in [0.05, 0.1) is 17.1 Å². The number of methoxy groups -OCH3 is 1. The fourth-order valence-electron chi connectivity index (χ4n) is 2.02. The Labute approximate surface area is 125 Å². The maximum atomic E-state index is 13.5. The first-order chi connectivity index (χ1) is 9.54. The summed E-state index contributed by atoms with van der Waals surface area (Å²) < 4.78 is 18.9. The average molecular weight is 337 g/mol. The summed E-state index contributed by atoms with van der Waals surface area (Å²) in [7, 11) is 1.42. The van der Waals surface area contributed by atoms with Gasteiger partial charge in [-0.1, -0.05) is 37.3 Å². The van der Waals surface area contributed by atoms with Crippen LogP contribution in [0.2, 0.25) is 0 Å². The Hall–Kier alpha value is -1.68. The van der Waals surface area contributed by atoms with Gasteiger partial charge in [-0.3, -0.25) is 4.79 Å². The van der Waals surface area contributed by atoms with E-state index >= 15 is 0 Å². The monoisotopic (exact) mass is 336 g/mol. The summed E-state index contributed by atoms with van der Waals surface area (Å²) in [5.41, 5.74) is 1.29. The summed E-state index contributed by atoms with van der Waals surface area (Å²) in [4.78, 5) is 12.6. The number of carbonyl (C=O) groups excluding carboxylic acids is 1. The molecule has 0 saturated heterocycles. The van der Waals surface area contributed by atoms with Crippen LogP contribution in [0.4, 0.5) is 4.39 Å². The van der Waals surface area contributed by atoms with Crippen LogP contribution in [0, 0.1) is 5.82 Å². The predicted molar refractivity (Wildman–Crippen MR) is 79.8 cm³/mol. The molecule has 2 nitrogen and oxygen atoms in total. The van der Waals surface area contributed by atoms with E-state index in [1.165, 1.54) is 19.2 Å². The van der Waals surface area contributed by atoms with Gasteiger partial charge in [-0.15, -0.1) is 0 Å². The van der Waals surface area contributed by atoms with E-state index in [2.05, 4.69) is 15.9 Å². The minimum atomic E-state index is -0.453. The number of carbonyl (C=O) groups is 1. The van der Waals surface area contributed by atoms with Crippen molar-refractivity contribution < 1.29 is 13.9 Å². The molecule has 0 bridgehead atoms. The summed E-state index contributed by atoms with van der Waals surface area (Å²) in [6.07, 6.45) is 0. The number of halogens is 2. The highest BCUT2D eigenvalue weighted by Gasteiger charge is 2.22. The van der Waals surface area contributed by atoms with Crippen molar-refractivity contribution in [2.24, 2.45) is 0 Å². The minimum absolute atomic E-state index is 0.103. The van der Waals surface area contributed by atoms with Crippen LogP contribution in [0.25, 0.3) is 0 Å².